The van der Waals surface area contributed by atoms with Crippen LogP contribution in [0, 0.1) is 13.8 Å². The quantitative estimate of drug-likeness (QED) is 0.695. The molecule has 7 heteroatoms. The van der Waals surface area contributed by atoms with Crippen LogP contribution in [0.5, 0.6) is 5.75 Å². The van der Waals surface area contributed by atoms with Gasteiger partial charge in [0.2, 0.25) is 5.90 Å². The highest BCUT2D eigenvalue weighted by atomic mass is 32.2. The SMILES string of the molecule is Cc1cc(C)nc(SCC2=NNC(=O)c3ccccc3O2)n1. The zero-order chi connectivity index (χ0) is 15.5. The average molecular weight is 314 g/mol. The van der Waals surface area contributed by atoms with E-state index in [4.69, 9.17) is 4.74 Å². The second-order valence-electron chi connectivity index (χ2n) is 4.77. The molecule has 1 N–H and O–H groups in total. The van der Waals surface area contributed by atoms with E-state index in [0.717, 1.165) is 11.4 Å². The second kappa shape index (κ2) is 6.15. The summed E-state index contributed by atoms with van der Waals surface area (Å²) in [5, 5.41) is 4.66. The lowest BCUT2D eigenvalue weighted by molar-refractivity contribution is 0.0955. The molecule has 0 radical (unpaired) electrons. The third-order valence-corrected chi connectivity index (χ3v) is 3.76. The second-order valence-corrected chi connectivity index (χ2v) is 5.71. The summed E-state index contributed by atoms with van der Waals surface area (Å²) in [5.41, 5.74) is 4.77. The zero-order valence-corrected chi connectivity index (χ0v) is 13.0. The van der Waals surface area contributed by atoms with Gasteiger partial charge in [0.1, 0.15) is 5.75 Å². The maximum absolute atomic E-state index is 11.9. The van der Waals surface area contributed by atoms with Crippen molar-refractivity contribution in [3.8, 4) is 5.75 Å². The first kappa shape index (κ1) is 14.5. The highest BCUT2D eigenvalue weighted by Crippen LogP contribution is 2.22. The summed E-state index contributed by atoms with van der Waals surface area (Å²) in [5.74, 6) is 1.06. The number of ether oxygens (including phenoxy) is 1. The number of para-hydroxylation sites is 1. The number of hydrazone groups is 1. The van der Waals surface area contributed by atoms with Crippen molar-refractivity contribution in [3.63, 3.8) is 0 Å². The number of benzene rings is 1. The van der Waals surface area contributed by atoms with E-state index in [2.05, 4.69) is 20.5 Å². The van der Waals surface area contributed by atoms with Crippen molar-refractivity contribution < 1.29 is 9.53 Å². The largest absolute Gasteiger partial charge is 0.440 e. The predicted octanol–water partition coefficient (Wildman–Crippen LogP) is 2.32. The molecule has 2 heterocycles. The van der Waals surface area contributed by atoms with Crippen molar-refractivity contribution in [1.29, 1.82) is 0 Å². The van der Waals surface area contributed by atoms with E-state index in [1.807, 2.05) is 26.0 Å². The Morgan fingerprint density at radius 3 is 2.68 bits per heavy atom. The van der Waals surface area contributed by atoms with Crippen LogP contribution >= 0.6 is 11.8 Å². The summed E-state index contributed by atoms with van der Waals surface area (Å²) in [6.45, 7) is 3.85. The Labute approximate surface area is 132 Å². The third-order valence-electron chi connectivity index (χ3n) is 2.93. The molecule has 6 nitrogen and oxygen atoms in total. The van der Waals surface area contributed by atoms with E-state index in [9.17, 15) is 4.79 Å². The number of carbonyl (C=O) groups is 1. The molecule has 2 aromatic rings. The Morgan fingerprint density at radius 2 is 1.91 bits per heavy atom. The summed E-state index contributed by atoms with van der Waals surface area (Å²) in [7, 11) is 0. The van der Waals surface area contributed by atoms with Gasteiger partial charge in [-0.3, -0.25) is 4.79 Å². The molecule has 112 valence electrons. The van der Waals surface area contributed by atoms with Crippen LogP contribution in [0.25, 0.3) is 0 Å². The molecular formula is C15H14N4O2S. The van der Waals surface area contributed by atoms with Crippen molar-refractivity contribution >= 4 is 23.6 Å². The number of thioether (sulfide) groups is 1. The Bertz CT molecular complexity index is 741. The molecule has 0 fully saturated rings. The maximum Gasteiger partial charge on any atom is 0.275 e. The third kappa shape index (κ3) is 3.25. The van der Waals surface area contributed by atoms with E-state index in [-0.39, 0.29) is 5.91 Å². The summed E-state index contributed by atoms with van der Waals surface area (Å²) >= 11 is 1.41. The van der Waals surface area contributed by atoms with E-state index in [1.165, 1.54) is 11.8 Å². The number of fused-ring (bicyclic) bond motifs is 1. The Hall–Kier alpha value is -2.41. The van der Waals surface area contributed by atoms with Crippen molar-refractivity contribution in [3.05, 3.63) is 47.3 Å². The minimum absolute atomic E-state index is 0.279. The minimum Gasteiger partial charge on any atom is -0.440 e. The normalized spacial score (nSPS) is 13.5. The van der Waals surface area contributed by atoms with Crippen LogP contribution in [0.1, 0.15) is 21.7 Å². The van der Waals surface area contributed by atoms with Gasteiger partial charge in [0, 0.05) is 11.4 Å². The molecule has 1 aromatic heterocycles. The van der Waals surface area contributed by atoms with E-state index in [1.54, 1.807) is 18.2 Å². The molecule has 0 atom stereocenters. The lowest BCUT2D eigenvalue weighted by Gasteiger charge is -2.07. The van der Waals surface area contributed by atoms with Crippen LogP contribution in [0.2, 0.25) is 0 Å². The topological polar surface area (TPSA) is 76.5 Å². The number of aryl methyl sites for hydroxylation is 2. The van der Waals surface area contributed by atoms with Gasteiger partial charge in [-0.2, -0.15) is 0 Å². The van der Waals surface area contributed by atoms with Gasteiger partial charge in [0.25, 0.3) is 5.91 Å². The predicted molar refractivity (Wildman–Crippen MR) is 84.2 cm³/mol. The molecule has 1 amide bonds. The van der Waals surface area contributed by atoms with Crippen LogP contribution in [-0.4, -0.2) is 27.5 Å². The fourth-order valence-electron chi connectivity index (χ4n) is 2.01. The van der Waals surface area contributed by atoms with Crippen molar-refractivity contribution in [2.24, 2.45) is 5.10 Å². The Kier molecular flexibility index (Phi) is 4.06. The molecule has 0 saturated carbocycles. The summed E-state index contributed by atoms with van der Waals surface area (Å²) in [4.78, 5) is 20.6. The average Bonchev–Trinajstić information content (AvgIpc) is 2.64. The van der Waals surface area contributed by atoms with Gasteiger partial charge in [-0.05, 0) is 32.0 Å². The lowest BCUT2D eigenvalue weighted by atomic mass is 10.2. The Balaban J connectivity index is 1.75. The first-order valence-corrected chi connectivity index (χ1v) is 7.69. The van der Waals surface area contributed by atoms with E-state index >= 15 is 0 Å². The van der Waals surface area contributed by atoms with Gasteiger partial charge in [-0.15, -0.1) is 5.10 Å². The summed E-state index contributed by atoms with van der Waals surface area (Å²) in [6, 6.07) is 8.96. The van der Waals surface area contributed by atoms with Crippen LogP contribution < -0.4 is 10.2 Å². The molecular weight excluding hydrogens is 300 g/mol. The van der Waals surface area contributed by atoms with Crippen LogP contribution in [0.15, 0.2) is 40.6 Å². The standard InChI is InChI=1S/C15H14N4O2S/c1-9-7-10(2)17-15(16-9)22-8-13-18-19-14(20)11-5-3-4-6-12(11)21-13/h3-7H,8H2,1-2H3,(H,19,20). The number of hydrogen-bond donors (Lipinski definition) is 1. The van der Waals surface area contributed by atoms with Crippen molar-refractivity contribution in [2.45, 2.75) is 19.0 Å². The van der Waals surface area contributed by atoms with Gasteiger partial charge >= 0.3 is 0 Å². The first-order valence-electron chi connectivity index (χ1n) is 6.71. The van der Waals surface area contributed by atoms with Crippen LogP contribution in [0.3, 0.4) is 0 Å². The van der Waals surface area contributed by atoms with Gasteiger partial charge < -0.3 is 4.74 Å². The van der Waals surface area contributed by atoms with E-state index in [0.29, 0.717) is 28.1 Å². The molecule has 1 aromatic carbocycles. The first-order chi connectivity index (χ1) is 10.6. The fourth-order valence-corrected chi connectivity index (χ4v) is 2.81. The maximum atomic E-state index is 11.9. The molecule has 0 spiro atoms. The lowest BCUT2D eigenvalue weighted by Crippen LogP contribution is -2.18. The molecule has 0 unspecified atom stereocenters. The van der Waals surface area contributed by atoms with Gasteiger partial charge in [-0.25, -0.2) is 15.4 Å². The number of carbonyl (C=O) groups excluding carboxylic acids is 1. The molecule has 0 aliphatic carbocycles. The molecule has 0 bridgehead atoms. The summed E-state index contributed by atoms with van der Waals surface area (Å²) in [6.07, 6.45) is 0. The monoisotopic (exact) mass is 314 g/mol. The minimum atomic E-state index is -0.279. The van der Waals surface area contributed by atoms with Crippen molar-refractivity contribution in [2.75, 3.05) is 5.75 Å². The summed E-state index contributed by atoms with van der Waals surface area (Å²) < 4.78 is 5.70. The van der Waals surface area contributed by atoms with E-state index < -0.39 is 0 Å². The highest BCUT2D eigenvalue weighted by molar-refractivity contribution is 7.99. The number of aromatic nitrogens is 2. The van der Waals surface area contributed by atoms with Gasteiger partial charge in [-0.1, -0.05) is 23.9 Å². The van der Waals surface area contributed by atoms with Crippen LogP contribution in [0.4, 0.5) is 0 Å². The molecule has 22 heavy (non-hydrogen) atoms. The van der Waals surface area contributed by atoms with Gasteiger partial charge in [0.15, 0.2) is 5.16 Å². The number of nitrogens with zero attached hydrogens (tertiary/aromatic N) is 3. The molecule has 0 saturated heterocycles. The smallest absolute Gasteiger partial charge is 0.275 e. The number of rotatable bonds is 3. The van der Waals surface area contributed by atoms with Gasteiger partial charge in [0.05, 0.1) is 11.3 Å². The number of hydrogen-bond acceptors (Lipinski definition) is 6. The zero-order valence-electron chi connectivity index (χ0n) is 12.2. The molecule has 3 rings (SSSR count). The van der Waals surface area contributed by atoms with Crippen LogP contribution in [-0.2, 0) is 0 Å². The number of amides is 1. The Morgan fingerprint density at radius 1 is 1.18 bits per heavy atom. The molecule has 1 aliphatic rings. The number of nitrogens with one attached hydrogen (secondary N) is 1. The highest BCUT2D eigenvalue weighted by Gasteiger charge is 2.18. The fraction of sp³-hybridized carbons (Fsp3) is 0.200. The molecule has 1 aliphatic heterocycles. The van der Waals surface area contributed by atoms with Crippen molar-refractivity contribution in [1.82, 2.24) is 15.4 Å².